The van der Waals surface area contributed by atoms with Crippen LogP contribution in [0.2, 0.25) is 0 Å². The Morgan fingerprint density at radius 1 is 1.07 bits per heavy atom. The van der Waals surface area contributed by atoms with Crippen molar-refractivity contribution in [2.75, 3.05) is 6.54 Å². The second-order valence-electron chi connectivity index (χ2n) is 11.1. The predicted molar refractivity (Wildman–Crippen MR) is 126 cm³/mol. The van der Waals surface area contributed by atoms with Gasteiger partial charge in [-0.25, -0.2) is 0 Å². The molecule has 0 aromatic carbocycles. The molecule has 1 heteroatoms. The van der Waals surface area contributed by atoms with Crippen LogP contribution in [0.3, 0.4) is 0 Å². The minimum absolute atomic E-state index is 0.434. The summed E-state index contributed by atoms with van der Waals surface area (Å²) in [6.45, 7) is 20.9. The molecule has 0 heterocycles. The molecule has 0 saturated heterocycles. The van der Waals surface area contributed by atoms with Gasteiger partial charge in [-0.15, -0.1) is 0 Å². The summed E-state index contributed by atoms with van der Waals surface area (Å²) in [5.41, 5.74) is 2.75. The molecule has 0 bridgehead atoms. The molecule has 2 aliphatic rings. The summed E-state index contributed by atoms with van der Waals surface area (Å²) in [7, 11) is 0. The number of allylic oxidation sites excluding steroid dienone is 2. The summed E-state index contributed by atoms with van der Waals surface area (Å²) in [4.78, 5) is 0. The highest BCUT2D eigenvalue weighted by Crippen LogP contribution is 2.56. The van der Waals surface area contributed by atoms with E-state index in [1.807, 2.05) is 0 Å². The quantitative estimate of drug-likeness (QED) is 0.333. The number of hydrogen-bond acceptors (Lipinski definition) is 1. The molecule has 1 N–H and O–H groups in total. The standard InChI is InChI=1S/C27H51N/c1-9-11-23(6)28-18-17-26(7)22(5)19-25(26)16-14-21(4)27(8)20(3)13-15-24(27)12-10-2/h19-24,28H,9-18H2,1-8H3. The molecule has 7 atom stereocenters. The van der Waals surface area contributed by atoms with E-state index in [0.717, 1.165) is 23.7 Å². The molecule has 2 rings (SSSR count). The van der Waals surface area contributed by atoms with Gasteiger partial charge in [-0.05, 0) is 86.5 Å². The van der Waals surface area contributed by atoms with Crippen molar-refractivity contribution in [3.8, 4) is 0 Å². The zero-order valence-corrected chi connectivity index (χ0v) is 20.5. The van der Waals surface area contributed by atoms with E-state index in [0.29, 0.717) is 16.9 Å². The fraction of sp³-hybridized carbons (Fsp3) is 0.926. The summed E-state index contributed by atoms with van der Waals surface area (Å²) in [6.07, 6.45) is 14.9. The van der Waals surface area contributed by atoms with Crippen molar-refractivity contribution < 1.29 is 0 Å². The summed E-state index contributed by atoms with van der Waals surface area (Å²) in [6, 6.07) is 0.663. The molecule has 0 aromatic heterocycles. The summed E-state index contributed by atoms with van der Waals surface area (Å²) in [5.74, 6) is 3.43. The maximum absolute atomic E-state index is 3.76. The van der Waals surface area contributed by atoms with E-state index < -0.39 is 0 Å². The fourth-order valence-electron chi connectivity index (χ4n) is 6.59. The van der Waals surface area contributed by atoms with Crippen LogP contribution in [0.4, 0.5) is 0 Å². The number of rotatable bonds is 12. The van der Waals surface area contributed by atoms with Crippen LogP contribution in [0.15, 0.2) is 11.6 Å². The SMILES string of the molecule is CCCC(C)NCCC1(C)C(CCC(C)C2(C)C(C)CCC2CCC)=CC1C. The van der Waals surface area contributed by atoms with Crippen LogP contribution in [0, 0.1) is 34.5 Å². The van der Waals surface area contributed by atoms with Gasteiger partial charge in [-0.3, -0.25) is 0 Å². The van der Waals surface area contributed by atoms with E-state index in [9.17, 15) is 0 Å². The Balaban J connectivity index is 1.89. The fourth-order valence-corrected chi connectivity index (χ4v) is 6.59. The van der Waals surface area contributed by atoms with Crippen LogP contribution in [0.1, 0.15) is 113 Å². The Morgan fingerprint density at radius 3 is 2.39 bits per heavy atom. The van der Waals surface area contributed by atoms with Crippen LogP contribution < -0.4 is 5.32 Å². The maximum Gasteiger partial charge on any atom is 0.00386 e. The lowest BCUT2D eigenvalue weighted by Gasteiger charge is -2.47. The Bertz CT molecular complexity index is 506. The third-order valence-corrected chi connectivity index (χ3v) is 9.48. The van der Waals surface area contributed by atoms with Gasteiger partial charge in [0.25, 0.3) is 0 Å². The van der Waals surface area contributed by atoms with Crippen LogP contribution in [0.25, 0.3) is 0 Å². The van der Waals surface area contributed by atoms with Crippen molar-refractivity contribution in [3.63, 3.8) is 0 Å². The summed E-state index contributed by atoms with van der Waals surface area (Å²) < 4.78 is 0. The summed E-state index contributed by atoms with van der Waals surface area (Å²) >= 11 is 0. The molecule has 28 heavy (non-hydrogen) atoms. The first-order chi connectivity index (χ1) is 13.2. The van der Waals surface area contributed by atoms with Gasteiger partial charge in [-0.2, -0.15) is 0 Å². The van der Waals surface area contributed by atoms with Gasteiger partial charge in [0, 0.05) is 6.04 Å². The van der Waals surface area contributed by atoms with Gasteiger partial charge in [0.15, 0.2) is 0 Å². The number of hydrogen-bond donors (Lipinski definition) is 1. The molecule has 0 aromatic rings. The van der Waals surface area contributed by atoms with Gasteiger partial charge >= 0.3 is 0 Å². The second-order valence-corrected chi connectivity index (χ2v) is 11.1. The van der Waals surface area contributed by atoms with Crippen LogP contribution in [0.5, 0.6) is 0 Å². The predicted octanol–water partition coefficient (Wildman–Crippen LogP) is 8.01. The van der Waals surface area contributed by atoms with Gasteiger partial charge in [0.1, 0.15) is 0 Å². The molecule has 0 radical (unpaired) electrons. The van der Waals surface area contributed by atoms with Gasteiger partial charge in [0.2, 0.25) is 0 Å². The zero-order chi connectivity index (χ0) is 20.9. The highest BCUT2D eigenvalue weighted by Gasteiger charge is 2.47. The van der Waals surface area contributed by atoms with Crippen LogP contribution in [-0.4, -0.2) is 12.6 Å². The van der Waals surface area contributed by atoms with Gasteiger partial charge < -0.3 is 5.32 Å². The third-order valence-electron chi connectivity index (χ3n) is 9.48. The second kappa shape index (κ2) is 10.1. The molecule has 0 amide bonds. The summed E-state index contributed by atoms with van der Waals surface area (Å²) in [5, 5.41) is 3.76. The van der Waals surface area contributed by atoms with Gasteiger partial charge in [0.05, 0.1) is 0 Å². The van der Waals surface area contributed by atoms with E-state index in [4.69, 9.17) is 0 Å². The van der Waals surface area contributed by atoms with Crippen LogP contribution >= 0.6 is 0 Å². The van der Waals surface area contributed by atoms with E-state index in [-0.39, 0.29) is 0 Å². The van der Waals surface area contributed by atoms with Crippen molar-refractivity contribution in [1.82, 2.24) is 5.32 Å². The Morgan fingerprint density at radius 2 is 1.79 bits per heavy atom. The van der Waals surface area contributed by atoms with E-state index in [1.165, 1.54) is 64.3 Å². The first-order valence-corrected chi connectivity index (χ1v) is 12.6. The molecule has 0 spiro atoms. The molecule has 1 fully saturated rings. The molecular formula is C27H51N. The maximum atomic E-state index is 3.76. The average Bonchev–Trinajstić information content (AvgIpc) is 2.94. The molecular weight excluding hydrogens is 338 g/mol. The topological polar surface area (TPSA) is 12.0 Å². The third kappa shape index (κ3) is 4.88. The van der Waals surface area contributed by atoms with Crippen molar-refractivity contribution in [1.29, 1.82) is 0 Å². The van der Waals surface area contributed by atoms with E-state index in [1.54, 1.807) is 5.57 Å². The number of nitrogens with one attached hydrogen (secondary N) is 1. The van der Waals surface area contributed by atoms with E-state index in [2.05, 4.69) is 66.8 Å². The minimum Gasteiger partial charge on any atom is -0.314 e. The molecule has 0 aliphatic heterocycles. The molecule has 164 valence electrons. The lowest BCUT2D eigenvalue weighted by Crippen LogP contribution is -2.40. The monoisotopic (exact) mass is 389 g/mol. The highest BCUT2D eigenvalue weighted by molar-refractivity contribution is 5.28. The average molecular weight is 390 g/mol. The van der Waals surface area contributed by atoms with Crippen molar-refractivity contribution in [2.24, 2.45) is 34.5 Å². The largest absolute Gasteiger partial charge is 0.314 e. The zero-order valence-electron chi connectivity index (χ0n) is 20.5. The first kappa shape index (κ1) is 24.0. The van der Waals surface area contributed by atoms with E-state index >= 15 is 0 Å². The molecule has 1 saturated carbocycles. The molecule has 7 unspecified atom stereocenters. The van der Waals surface area contributed by atoms with Crippen molar-refractivity contribution >= 4 is 0 Å². The molecule has 2 aliphatic carbocycles. The highest BCUT2D eigenvalue weighted by atomic mass is 14.9. The van der Waals surface area contributed by atoms with Gasteiger partial charge in [-0.1, -0.05) is 79.4 Å². The van der Waals surface area contributed by atoms with Crippen molar-refractivity contribution in [3.05, 3.63) is 11.6 Å². The van der Waals surface area contributed by atoms with Crippen molar-refractivity contribution in [2.45, 2.75) is 119 Å². The van der Waals surface area contributed by atoms with Crippen LogP contribution in [-0.2, 0) is 0 Å². The minimum atomic E-state index is 0.434. The first-order valence-electron chi connectivity index (χ1n) is 12.6. The Kier molecular flexibility index (Phi) is 8.68. The Hall–Kier alpha value is -0.300. The lowest BCUT2D eigenvalue weighted by molar-refractivity contribution is 0.0730. The Labute approximate surface area is 177 Å². The normalized spacial score (nSPS) is 37.4. The lowest BCUT2D eigenvalue weighted by atomic mass is 9.58. The smallest absolute Gasteiger partial charge is 0.00386 e. The molecule has 1 nitrogen and oxygen atoms in total.